The molecule has 20 heavy (non-hydrogen) atoms. The van der Waals surface area contributed by atoms with Crippen LogP contribution in [0.25, 0.3) is 0 Å². The number of nitrogens with two attached hydrogens (primary N) is 1. The van der Waals surface area contributed by atoms with Crippen LogP contribution in [0.15, 0.2) is 30.3 Å². The molecule has 1 rings (SSSR count). The van der Waals surface area contributed by atoms with Gasteiger partial charge in [0.25, 0.3) is 0 Å². The Balaban J connectivity index is 0.000000441. The number of carbonyl (C=O) groups excluding carboxylic acids is 1. The molecule has 0 radical (unpaired) electrons. The summed E-state index contributed by atoms with van der Waals surface area (Å²) in [5.74, 6) is -2.94. The van der Waals surface area contributed by atoms with E-state index < -0.39 is 17.7 Å². The molecule has 0 atom stereocenters. The minimum absolute atomic E-state index is 0.182. The fourth-order valence-electron chi connectivity index (χ4n) is 0.814. The van der Waals surface area contributed by atoms with Crippen molar-refractivity contribution in [2.75, 3.05) is 5.32 Å². The molecule has 0 aromatic heterocycles. The first kappa shape index (κ1) is 17.9. The molecule has 112 valence electrons. The van der Waals surface area contributed by atoms with Gasteiger partial charge in [0.05, 0.1) is 5.54 Å². The van der Waals surface area contributed by atoms with Crippen LogP contribution in [0, 0.1) is 0 Å². The lowest BCUT2D eigenvalue weighted by molar-refractivity contribution is -0.192. The Morgan fingerprint density at radius 2 is 1.55 bits per heavy atom. The SMILES string of the molecule is CC(C)(N)C(=O)Nc1ccccc1.O=C(O)C(F)(F)F. The number of hydrogen-bond donors (Lipinski definition) is 3. The second kappa shape index (κ2) is 6.90. The topological polar surface area (TPSA) is 92.4 Å². The van der Waals surface area contributed by atoms with Crippen molar-refractivity contribution < 1.29 is 27.9 Å². The lowest BCUT2D eigenvalue weighted by Gasteiger charge is -2.17. The van der Waals surface area contributed by atoms with Gasteiger partial charge >= 0.3 is 12.1 Å². The molecular formula is C12H15F3N2O3. The Morgan fingerprint density at radius 3 is 1.85 bits per heavy atom. The van der Waals surface area contributed by atoms with Gasteiger partial charge in [-0.25, -0.2) is 4.79 Å². The summed E-state index contributed by atoms with van der Waals surface area (Å²) in [7, 11) is 0. The molecule has 1 aromatic carbocycles. The summed E-state index contributed by atoms with van der Waals surface area (Å²) in [5, 5.41) is 9.84. The summed E-state index contributed by atoms with van der Waals surface area (Å²) < 4.78 is 31.7. The zero-order valence-electron chi connectivity index (χ0n) is 10.9. The van der Waals surface area contributed by atoms with Crippen LogP contribution in [0.1, 0.15) is 13.8 Å². The molecule has 8 heteroatoms. The third kappa shape index (κ3) is 7.37. The molecule has 5 nitrogen and oxygen atoms in total. The maximum Gasteiger partial charge on any atom is 0.490 e. The molecule has 0 aliphatic carbocycles. The third-order valence-corrected chi connectivity index (χ3v) is 1.86. The Hall–Kier alpha value is -2.09. The smallest absolute Gasteiger partial charge is 0.475 e. The van der Waals surface area contributed by atoms with Gasteiger partial charge in [0, 0.05) is 5.69 Å². The molecule has 0 fully saturated rings. The van der Waals surface area contributed by atoms with Crippen molar-refractivity contribution in [3.63, 3.8) is 0 Å². The summed E-state index contributed by atoms with van der Waals surface area (Å²) >= 11 is 0. The lowest BCUT2D eigenvalue weighted by atomic mass is 10.1. The summed E-state index contributed by atoms with van der Waals surface area (Å²) in [4.78, 5) is 20.3. The maximum atomic E-state index is 11.4. The number of para-hydroxylation sites is 1. The van der Waals surface area contributed by atoms with Crippen LogP contribution >= 0.6 is 0 Å². The second-order valence-corrected chi connectivity index (χ2v) is 4.34. The molecule has 0 aliphatic heterocycles. The zero-order valence-corrected chi connectivity index (χ0v) is 10.9. The van der Waals surface area contributed by atoms with E-state index >= 15 is 0 Å². The number of carbonyl (C=O) groups is 2. The Labute approximate surface area is 113 Å². The molecule has 0 aliphatic rings. The number of amides is 1. The van der Waals surface area contributed by atoms with Crippen molar-refractivity contribution in [2.45, 2.75) is 25.6 Å². The van der Waals surface area contributed by atoms with E-state index in [4.69, 9.17) is 15.6 Å². The first-order chi connectivity index (χ1) is 8.94. The number of alkyl halides is 3. The van der Waals surface area contributed by atoms with Crippen molar-refractivity contribution in [3.05, 3.63) is 30.3 Å². The summed E-state index contributed by atoms with van der Waals surface area (Å²) in [5.41, 5.74) is 5.55. The van der Waals surface area contributed by atoms with Crippen molar-refractivity contribution in [2.24, 2.45) is 5.73 Å². The fourth-order valence-corrected chi connectivity index (χ4v) is 0.814. The standard InChI is InChI=1S/C10H14N2O.C2HF3O2/c1-10(2,11)9(13)12-8-6-4-3-5-7-8;3-2(4,5)1(6)7/h3-7H,11H2,1-2H3,(H,12,13);(H,6,7). The number of rotatable bonds is 2. The van der Waals surface area contributed by atoms with Crippen LogP contribution in [-0.2, 0) is 9.59 Å². The zero-order chi connectivity index (χ0) is 16.0. The van der Waals surface area contributed by atoms with Crippen LogP contribution in [0.5, 0.6) is 0 Å². The van der Waals surface area contributed by atoms with E-state index in [-0.39, 0.29) is 5.91 Å². The van der Waals surface area contributed by atoms with Crippen LogP contribution in [0.2, 0.25) is 0 Å². The average molecular weight is 292 g/mol. The number of benzene rings is 1. The summed E-state index contributed by atoms with van der Waals surface area (Å²) in [6.45, 7) is 3.34. The van der Waals surface area contributed by atoms with Gasteiger partial charge in [0.15, 0.2) is 0 Å². The van der Waals surface area contributed by atoms with E-state index in [1.807, 2.05) is 30.3 Å². The number of hydrogen-bond acceptors (Lipinski definition) is 3. The predicted molar refractivity (Wildman–Crippen MR) is 67.0 cm³/mol. The first-order valence-electron chi connectivity index (χ1n) is 5.40. The number of aliphatic carboxylic acids is 1. The highest BCUT2D eigenvalue weighted by Crippen LogP contribution is 2.13. The highest BCUT2D eigenvalue weighted by Gasteiger charge is 2.38. The molecule has 0 spiro atoms. The lowest BCUT2D eigenvalue weighted by Crippen LogP contribution is -2.45. The number of carboxylic acid groups (broad SMARTS) is 1. The monoisotopic (exact) mass is 292 g/mol. The minimum Gasteiger partial charge on any atom is -0.475 e. The van der Waals surface area contributed by atoms with Crippen LogP contribution in [0.3, 0.4) is 0 Å². The third-order valence-electron chi connectivity index (χ3n) is 1.86. The second-order valence-electron chi connectivity index (χ2n) is 4.34. The van der Waals surface area contributed by atoms with Crippen LogP contribution in [-0.4, -0.2) is 28.7 Å². The van der Waals surface area contributed by atoms with Gasteiger partial charge in [-0.15, -0.1) is 0 Å². The van der Waals surface area contributed by atoms with Gasteiger partial charge in [-0.2, -0.15) is 13.2 Å². The average Bonchev–Trinajstić information content (AvgIpc) is 2.28. The van der Waals surface area contributed by atoms with E-state index in [2.05, 4.69) is 5.32 Å². The van der Waals surface area contributed by atoms with Gasteiger partial charge in [0.2, 0.25) is 5.91 Å². The molecule has 1 aromatic rings. The van der Waals surface area contributed by atoms with E-state index in [1.165, 1.54) is 0 Å². The Morgan fingerprint density at radius 1 is 1.15 bits per heavy atom. The van der Waals surface area contributed by atoms with Gasteiger partial charge in [0.1, 0.15) is 0 Å². The first-order valence-corrected chi connectivity index (χ1v) is 5.40. The number of nitrogens with one attached hydrogen (secondary N) is 1. The molecule has 0 bridgehead atoms. The van der Waals surface area contributed by atoms with Crippen molar-refractivity contribution in [1.29, 1.82) is 0 Å². The molecule has 0 saturated carbocycles. The van der Waals surface area contributed by atoms with E-state index in [0.29, 0.717) is 0 Å². The Kier molecular flexibility index (Phi) is 6.18. The van der Waals surface area contributed by atoms with Gasteiger partial charge in [-0.05, 0) is 26.0 Å². The molecule has 0 unspecified atom stereocenters. The van der Waals surface area contributed by atoms with Gasteiger partial charge in [-0.1, -0.05) is 18.2 Å². The summed E-state index contributed by atoms with van der Waals surface area (Å²) in [6, 6.07) is 9.26. The Bertz CT molecular complexity index is 453. The molecule has 1 amide bonds. The van der Waals surface area contributed by atoms with Gasteiger partial charge < -0.3 is 16.2 Å². The highest BCUT2D eigenvalue weighted by atomic mass is 19.4. The van der Waals surface area contributed by atoms with E-state index in [0.717, 1.165) is 5.69 Å². The summed E-state index contributed by atoms with van der Waals surface area (Å²) in [6.07, 6.45) is -5.08. The maximum absolute atomic E-state index is 11.4. The van der Waals surface area contributed by atoms with Crippen LogP contribution in [0.4, 0.5) is 18.9 Å². The molecule has 0 saturated heterocycles. The fraction of sp³-hybridized carbons (Fsp3) is 0.333. The number of halogens is 3. The number of carboxylic acids is 1. The van der Waals surface area contributed by atoms with Crippen molar-refractivity contribution in [1.82, 2.24) is 0 Å². The van der Waals surface area contributed by atoms with Crippen LogP contribution < -0.4 is 11.1 Å². The molecule has 4 N–H and O–H groups in total. The quantitative estimate of drug-likeness (QED) is 0.777. The normalized spacial score (nSPS) is 11.1. The number of anilines is 1. The van der Waals surface area contributed by atoms with E-state index in [9.17, 15) is 18.0 Å². The minimum atomic E-state index is -5.08. The molecular weight excluding hydrogens is 277 g/mol. The van der Waals surface area contributed by atoms with Gasteiger partial charge in [-0.3, -0.25) is 4.79 Å². The van der Waals surface area contributed by atoms with Crippen molar-refractivity contribution >= 4 is 17.6 Å². The largest absolute Gasteiger partial charge is 0.490 e. The van der Waals surface area contributed by atoms with Crippen molar-refractivity contribution in [3.8, 4) is 0 Å². The molecule has 0 heterocycles. The van der Waals surface area contributed by atoms with E-state index in [1.54, 1.807) is 13.8 Å². The predicted octanol–water partition coefficient (Wildman–Crippen LogP) is 2.00. The highest BCUT2D eigenvalue weighted by molar-refractivity contribution is 5.97.